The molecule has 7 nitrogen and oxygen atoms in total. The van der Waals surface area contributed by atoms with E-state index in [9.17, 15) is 18.0 Å². The summed E-state index contributed by atoms with van der Waals surface area (Å²) in [6.45, 7) is 1.06. The number of rotatable bonds is 4. The van der Waals surface area contributed by atoms with Crippen LogP contribution in [-0.4, -0.2) is 50.5 Å². The molecule has 9 heteroatoms. The highest BCUT2D eigenvalue weighted by atomic mass is 35.5. The second-order valence-corrected chi connectivity index (χ2v) is 8.63. The van der Waals surface area contributed by atoms with Gasteiger partial charge in [0.1, 0.15) is 4.90 Å². The van der Waals surface area contributed by atoms with Crippen molar-refractivity contribution >= 4 is 33.6 Å². The largest absolute Gasteiger partial charge is 0.463 e. The Hall–Kier alpha value is -1.64. The van der Waals surface area contributed by atoms with E-state index in [-0.39, 0.29) is 28.5 Å². The van der Waals surface area contributed by atoms with Crippen LogP contribution in [0.5, 0.6) is 0 Å². The van der Waals surface area contributed by atoms with Gasteiger partial charge in [-0.25, -0.2) is 18.0 Å². The highest BCUT2D eigenvalue weighted by Crippen LogP contribution is 2.28. The molecule has 0 bridgehead atoms. The normalized spacial score (nSPS) is 21.9. The molecule has 2 heterocycles. The number of sulfonamides is 1. The van der Waals surface area contributed by atoms with Crippen LogP contribution in [0.15, 0.2) is 23.1 Å². The van der Waals surface area contributed by atoms with Gasteiger partial charge in [-0.1, -0.05) is 24.4 Å². The highest BCUT2D eigenvalue weighted by Gasteiger charge is 2.32. The Labute approximate surface area is 157 Å². The fourth-order valence-corrected chi connectivity index (χ4v) is 5.05. The molecular weight excluding hydrogens is 382 g/mol. The smallest absolute Gasteiger partial charge is 0.347 e. The maximum absolute atomic E-state index is 12.9. The van der Waals surface area contributed by atoms with Crippen LogP contribution < -0.4 is 0 Å². The standard InChI is InChI=1S/C17H20ClNO6S/c18-13-6-5-12(16(20)25-14-7-10-24-17(14)21)11-15(13)26(22,23)19-8-3-1-2-4-9-19/h5-6,11,14H,1-4,7-10H2/t14-/m1/s1. The van der Waals surface area contributed by atoms with Gasteiger partial charge < -0.3 is 9.47 Å². The van der Waals surface area contributed by atoms with Crippen molar-refractivity contribution in [1.29, 1.82) is 0 Å². The van der Waals surface area contributed by atoms with E-state index in [1.807, 2.05) is 0 Å². The first-order valence-electron chi connectivity index (χ1n) is 8.57. The minimum absolute atomic E-state index is 0.0301. The third-order valence-corrected chi connectivity index (χ3v) is 6.87. The highest BCUT2D eigenvalue weighted by molar-refractivity contribution is 7.89. The molecule has 0 aromatic heterocycles. The lowest BCUT2D eigenvalue weighted by Gasteiger charge is -2.21. The molecule has 2 aliphatic heterocycles. The molecule has 0 spiro atoms. The van der Waals surface area contributed by atoms with E-state index >= 15 is 0 Å². The van der Waals surface area contributed by atoms with Crippen molar-refractivity contribution in [2.75, 3.05) is 19.7 Å². The van der Waals surface area contributed by atoms with Crippen molar-refractivity contribution in [2.24, 2.45) is 0 Å². The summed E-state index contributed by atoms with van der Waals surface area (Å²) in [5.41, 5.74) is 0.0301. The molecule has 0 radical (unpaired) electrons. The van der Waals surface area contributed by atoms with Crippen LogP contribution in [0.1, 0.15) is 42.5 Å². The summed E-state index contributed by atoms with van der Waals surface area (Å²) < 4.78 is 37.2. The minimum Gasteiger partial charge on any atom is -0.463 e. The van der Waals surface area contributed by atoms with Crippen molar-refractivity contribution in [3.63, 3.8) is 0 Å². The van der Waals surface area contributed by atoms with E-state index in [1.54, 1.807) is 0 Å². The second kappa shape index (κ2) is 7.94. The molecule has 0 saturated carbocycles. The Bertz CT molecular complexity index is 801. The van der Waals surface area contributed by atoms with E-state index in [1.165, 1.54) is 22.5 Å². The fraction of sp³-hybridized carbons (Fsp3) is 0.529. The fourth-order valence-electron chi connectivity index (χ4n) is 3.03. The zero-order chi connectivity index (χ0) is 18.7. The summed E-state index contributed by atoms with van der Waals surface area (Å²) in [6.07, 6.45) is 2.90. The Balaban J connectivity index is 1.84. The van der Waals surface area contributed by atoms with Crippen molar-refractivity contribution in [1.82, 2.24) is 4.31 Å². The number of ether oxygens (including phenoxy) is 2. The lowest BCUT2D eigenvalue weighted by atomic mass is 10.2. The predicted octanol–water partition coefficient (Wildman–Crippen LogP) is 2.38. The summed E-state index contributed by atoms with van der Waals surface area (Å²) in [5, 5.41) is 0.0473. The molecular formula is C17H20ClNO6S. The van der Waals surface area contributed by atoms with Gasteiger partial charge in [0.25, 0.3) is 0 Å². The number of hydrogen-bond acceptors (Lipinski definition) is 6. The molecule has 3 rings (SSSR count). The van der Waals surface area contributed by atoms with Crippen LogP contribution in [0.2, 0.25) is 5.02 Å². The third kappa shape index (κ3) is 4.02. The zero-order valence-corrected chi connectivity index (χ0v) is 15.7. The first-order valence-corrected chi connectivity index (χ1v) is 10.4. The van der Waals surface area contributed by atoms with Crippen LogP contribution in [0, 0.1) is 0 Å². The summed E-state index contributed by atoms with van der Waals surface area (Å²) in [6, 6.07) is 3.95. The van der Waals surface area contributed by atoms with E-state index in [2.05, 4.69) is 0 Å². The summed E-state index contributed by atoms with van der Waals surface area (Å²) in [5.74, 6) is -1.37. The van der Waals surface area contributed by atoms with Gasteiger partial charge >= 0.3 is 11.9 Å². The number of benzene rings is 1. The number of cyclic esters (lactones) is 1. The van der Waals surface area contributed by atoms with Gasteiger partial charge in [-0.2, -0.15) is 4.31 Å². The van der Waals surface area contributed by atoms with Gasteiger partial charge in [0.15, 0.2) is 0 Å². The monoisotopic (exact) mass is 401 g/mol. The molecule has 2 fully saturated rings. The average Bonchev–Trinajstić information content (AvgIpc) is 2.86. The molecule has 1 aromatic carbocycles. The van der Waals surface area contributed by atoms with Gasteiger partial charge in [-0.15, -0.1) is 0 Å². The first kappa shape index (κ1) is 19.1. The maximum atomic E-state index is 12.9. The molecule has 0 unspecified atom stereocenters. The van der Waals surface area contributed by atoms with Crippen molar-refractivity contribution in [3.05, 3.63) is 28.8 Å². The SMILES string of the molecule is O=C(O[C@@H]1CCOC1=O)c1ccc(Cl)c(S(=O)(=O)N2CCCCCC2)c1. The minimum atomic E-state index is -3.81. The zero-order valence-electron chi connectivity index (χ0n) is 14.1. The molecule has 0 amide bonds. The number of carbonyl (C=O) groups excluding carboxylic acids is 2. The van der Waals surface area contributed by atoms with Crippen LogP contribution in [0.25, 0.3) is 0 Å². The van der Waals surface area contributed by atoms with Crippen LogP contribution in [0.3, 0.4) is 0 Å². The Kier molecular flexibility index (Phi) is 5.84. The summed E-state index contributed by atoms with van der Waals surface area (Å²) in [4.78, 5) is 23.6. The maximum Gasteiger partial charge on any atom is 0.347 e. The molecule has 2 aliphatic rings. The third-order valence-electron chi connectivity index (χ3n) is 4.49. The summed E-state index contributed by atoms with van der Waals surface area (Å²) in [7, 11) is -3.81. The molecule has 142 valence electrons. The molecule has 26 heavy (non-hydrogen) atoms. The van der Waals surface area contributed by atoms with E-state index in [0.29, 0.717) is 13.1 Å². The number of halogens is 1. The second-order valence-electron chi connectivity index (χ2n) is 6.31. The topological polar surface area (TPSA) is 90.0 Å². The van der Waals surface area contributed by atoms with Crippen molar-refractivity contribution in [3.8, 4) is 0 Å². The van der Waals surface area contributed by atoms with E-state index in [0.717, 1.165) is 25.7 Å². The number of carbonyl (C=O) groups is 2. The van der Waals surface area contributed by atoms with Gasteiger partial charge in [-0.05, 0) is 31.0 Å². The van der Waals surface area contributed by atoms with Gasteiger partial charge in [0.2, 0.25) is 16.1 Å². The number of esters is 2. The van der Waals surface area contributed by atoms with Crippen LogP contribution >= 0.6 is 11.6 Å². The van der Waals surface area contributed by atoms with E-state index in [4.69, 9.17) is 21.1 Å². The first-order chi connectivity index (χ1) is 12.4. The van der Waals surface area contributed by atoms with Gasteiger partial charge in [0.05, 0.1) is 17.2 Å². The van der Waals surface area contributed by atoms with Crippen molar-refractivity contribution in [2.45, 2.75) is 43.1 Å². The van der Waals surface area contributed by atoms with Crippen LogP contribution in [0.4, 0.5) is 0 Å². The number of hydrogen-bond donors (Lipinski definition) is 0. The Morgan fingerprint density at radius 3 is 2.50 bits per heavy atom. The molecule has 0 aliphatic carbocycles. The number of nitrogens with zero attached hydrogens (tertiary/aromatic N) is 1. The van der Waals surface area contributed by atoms with E-state index < -0.39 is 28.1 Å². The predicted molar refractivity (Wildman–Crippen MR) is 93.5 cm³/mol. The quantitative estimate of drug-likeness (QED) is 0.719. The Morgan fingerprint density at radius 1 is 1.19 bits per heavy atom. The molecule has 1 atom stereocenters. The molecule has 0 N–H and O–H groups in total. The summed E-state index contributed by atoms with van der Waals surface area (Å²) >= 11 is 6.11. The van der Waals surface area contributed by atoms with Crippen molar-refractivity contribution < 1.29 is 27.5 Å². The van der Waals surface area contributed by atoms with Crippen LogP contribution in [-0.2, 0) is 24.3 Å². The molecule has 1 aromatic rings. The lowest BCUT2D eigenvalue weighted by molar-refractivity contribution is -0.145. The average molecular weight is 402 g/mol. The molecule has 2 saturated heterocycles. The van der Waals surface area contributed by atoms with Gasteiger partial charge in [-0.3, -0.25) is 0 Å². The Morgan fingerprint density at radius 2 is 1.88 bits per heavy atom. The lowest BCUT2D eigenvalue weighted by Crippen LogP contribution is -2.32. The van der Waals surface area contributed by atoms with Gasteiger partial charge in [0, 0.05) is 19.5 Å².